The highest BCUT2D eigenvalue weighted by Crippen LogP contribution is 2.52. The fourth-order valence-corrected chi connectivity index (χ4v) is 4.70. The minimum Gasteiger partial charge on any atom is -0.465 e. The minimum atomic E-state index is -0.645. The Morgan fingerprint density at radius 2 is 2.42 bits per heavy atom. The molecule has 4 rings (SSSR count). The molecule has 1 spiro atoms. The molecule has 24 heavy (non-hydrogen) atoms. The van der Waals surface area contributed by atoms with Crippen molar-refractivity contribution in [3.63, 3.8) is 0 Å². The lowest BCUT2D eigenvalue weighted by Gasteiger charge is -2.22. The molecular weight excluding hydrogens is 326 g/mol. The van der Waals surface area contributed by atoms with E-state index in [0.717, 1.165) is 17.7 Å². The number of fused-ring (bicyclic) bond motifs is 1. The molecule has 6 heteroatoms. The monoisotopic (exact) mass is 347 g/mol. The number of carbonyl (C=O) groups excluding carboxylic acids is 2. The summed E-state index contributed by atoms with van der Waals surface area (Å²) in [6, 6.07) is 4.00. The fourth-order valence-electron chi connectivity index (χ4n) is 3.99. The highest BCUT2D eigenvalue weighted by atomic mass is 32.1. The van der Waals surface area contributed by atoms with E-state index >= 15 is 0 Å². The number of esters is 1. The third-order valence-electron chi connectivity index (χ3n) is 5.12. The molecule has 0 aliphatic carbocycles. The number of nitrogens with zero attached hydrogens (tertiary/aromatic N) is 1. The number of thiophene rings is 1. The number of rotatable bonds is 6. The molecule has 128 valence electrons. The van der Waals surface area contributed by atoms with E-state index in [1.54, 1.807) is 11.3 Å². The maximum atomic E-state index is 13.0. The lowest BCUT2D eigenvalue weighted by Crippen LogP contribution is -2.40. The number of amides is 1. The maximum absolute atomic E-state index is 13.0. The van der Waals surface area contributed by atoms with Crippen molar-refractivity contribution in [1.29, 1.82) is 0 Å². The molecule has 3 aliphatic heterocycles. The van der Waals surface area contributed by atoms with Crippen LogP contribution in [0.3, 0.4) is 0 Å². The van der Waals surface area contributed by atoms with E-state index in [0.29, 0.717) is 19.7 Å². The molecule has 5 nitrogen and oxygen atoms in total. The van der Waals surface area contributed by atoms with Crippen LogP contribution in [0.2, 0.25) is 0 Å². The highest BCUT2D eigenvalue weighted by molar-refractivity contribution is 7.09. The van der Waals surface area contributed by atoms with Gasteiger partial charge in [0.05, 0.1) is 31.7 Å². The summed E-state index contributed by atoms with van der Waals surface area (Å²) in [5.41, 5.74) is -0.645. The van der Waals surface area contributed by atoms with E-state index in [-0.39, 0.29) is 18.0 Å². The van der Waals surface area contributed by atoms with Crippen LogP contribution >= 0.6 is 11.3 Å². The van der Waals surface area contributed by atoms with Crippen LogP contribution in [0.4, 0.5) is 0 Å². The summed E-state index contributed by atoms with van der Waals surface area (Å²) in [6.45, 7) is 3.55. The maximum Gasteiger partial charge on any atom is 0.312 e. The predicted molar refractivity (Wildman–Crippen MR) is 89.3 cm³/mol. The van der Waals surface area contributed by atoms with Gasteiger partial charge < -0.3 is 14.4 Å². The van der Waals surface area contributed by atoms with E-state index < -0.39 is 17.4 Å². The van der Waals surface area contributed by atoms with Gasteiger partial charge in [0.15, 0.2) is 0 Å². The Balaban J connectivity index is 1.52. The summed E-state index contributed by atoms with van der Waals surface area (Å²) in [5.74, 6) is -1.24. The molecule has 2 bridgehead atoms. The van der Waals surface area contributed by atoms with Crippen molar-refractivity contribution in [2.75, 3.05) is 13.2 Å². The smallest absolute Gasteiger partial charge is 0.312 e. The van der Waals surface area contributed by atoms with Crippen LogP contribution in [-0.4, -0.2) is 41.6 Å². The second-order valence-electron chi connectivity index (χ2n) is 6.69. The second-order valence-corrected chi connectivity index (χ2v) is 7.73. The second kappa shape index (κ2) is 6.01. The van der Waals surface area contributed by atoms with Crippen LogP contribution in [-0.2, 0) is 25.6 Å². The van der Waals surface area contributed by atoms with Gasteiger partial charge in [-0.15, -0.1) is 11.3 Å². The van der Waals surface area contributed by atoms with Crippen molar-refractivity contribution in [1.82, 2.24) is 4.90 Å². The lowest BCUT2D eigenvalue weighted by molar-refractivity contribution is -0.154. The number of ether oxygens (including phenoxy) is 2. The summed E-state index contributed by atoms with van der Waals surface area (Å²) in [6.07, 6.45) is 5.39. The van der Waals surface area contributed by atoms with Gasteiger partial charge in [-0.05, 0) is 17.9 Å². The van der Waals surface area contributed by atoms with Crippen LogP contribution in [0.5, 0.6) is 0 Å². The molecule has 4 heterocycles. The summed E-state index contributed by atoms with van der Waals surface area (Å²) in [5, 5.41) is 2.00. The van der Waals surface area contributed by atoms with E-state index in [2.05, 4.69) is 6.92 Å². The number of hydrogen-bond donors (Lipinski definition) is 0. The predicted octanol–water partition coefficient (Wildman–Crippen LogP) is 2.37. The van der Waals surface area contributed by atoms with Crippen LogP contribution in [0, 0.1) is 11.8 Å². The van der Waals surface area contributed by atoms with Gasteiger partial charge in [0, 0.05) is 4.88 Å². The third-order valence-corrected chi connectivity index (χ3v) is 5.98. The Bertz CT molecular complexity index is 671. The molecule has 1 amide bonds. The Morgan fingerprint density at radius 1 is 1.54 bits per heavy atom. The average Bonchev–Trinajstić information content (AvgIpc) is 3.31. The Hall–Kier alpha value is -1.66. The number of unbranched alkanes of at least 4 members (excludes halogenated alkanes) is 1. The Labute approximate surface area is 145 Å². The fraction of sp³-hybridized carbons (Fsp3) is 0.556. The van der Waals surface area contributed by atoms with Gasteiger partial charge in [0.25, 0.3) is 0 Å². The summed E-state index contributed by atoms with van der Waals surface area (Å²) < 4.78 is 11.5. The first-order chi connectivity index (χ1) is 11.6. The molecule has 0 radical (unpaired) electrons. The van der Waals surface area contributed by atoms with Gasteiger partial charge in [0.2, 0.25) is 5.91 Å². The van der Waals surface area contributed by atoms with Crippen LogP contribution in [0.1, 0.15) is 24.6 Å². The summed E-state index contributed by atoms with van der Waals surface area (Å²) in [7, 11) is 0. The number of carbonyl (C=O) groups is 2. The topological polar surface area (TPSA) is 55.8 Å². The highest BCUT2D eigenvalue weighted by Gasteiger charge is 2.67. The molecule has 0 unspecified atom stereocenters. The molecule has 2 saturated heterocycles. The Morgan fingerprint density at radius 3 is 3.17 bits per heavy atom. The summed E-state index contributed by atoms with van der Waals surface area (Å²) in [4.78, 5) is 28.4. The number of likely N-dealkylation sites (tertiary alicyclic amines) is 1. The SMILES string of the molecule is CCCCOC(=O)[C@@H]1[C@@H]2C=C[C@@]3(CN(Cc4cccs4)C(=O)[C@H]13)O2. The first kappa shape index (κ1) is 15.8. The number of hydrogen-bond acceptors (Lipinski definition) is 5. The first-order valence-electron chi connectivity index (χ1n) is 8.49. The van der Waals surface area contributed by atoms with Crippen molar-refractivity contribution >= 4 is 23.2 Å². The van der Waals surface area contributed by atoms with Crippen molar-refractivity contribution < 1.29 is 19.1 Å². The molecule has 2 fully saturated rings. The standard InChI is InChI=1S/C18H21NO4S/c1-2-3-8-22-17(21)14-13-6-7-18(23-13)11-19(16(20)15(14)18)10-12-5-4-9-24-12/h4-7,9,13-15H,2-3,8,10-11H2,1H3/t13-,14+,15-,18-/m0/s1. The quantitative estimate of drug-likeness (QED) is 0.450. The zero-order valence-corrected chi connectivity index (χ0v) is 14.5. The summed E-state index contributed by atoms with van der Waals surface area (Å²) >= 11 is 1.63. The minimum absolute atomic E-state index is 0.00712. The average molecular weight is 347 g/mol. The van der Waals surface area contributed by atoms with Crippen molar-refractivity contribution in [3.05, 3.63) is 34.5 Å². The molecule has 1 aromatic heterocycles. The molecule has 0 N–H and O–H groups in total. The zero-order valence-electron chi connectivity index (χ0n) is 13.6. The third kappa shape index (κ3) is 2.40. The van der Waals surface area contributed by atoms with Crippen LogP contribution in [0.15, 0.2) is 29.7 Å². The molecule has 0 aromatic carbocycles. The van der Waals surface area contributed by atoms with E-state index in [1.165, 1.54) is 0 Å². The van der Waals surface area contributed by atoms with E-state index in [4.69, 9.17) is 9.47 Å². The molecule has 3 aliphatic rings. The van der Waals surface area contributed by atoms with Crippen LogP contribution < -0.4 is 0 Å². The lowest BCUT2D eigenvalue weighted by atomic mass is 9.77. The Kier molecular flexibility index (Phi) is 3.96. The van der Waals surface area contributed by atoms with Gasteiger partial charge in [0.1, 0.15) is 11.5 Å². The first-order valence-corrected chi connectivity index (χ1v) is 9.37. The van der Waals surface area contributed by atoms with Gasteiger partial charge in [-0.3, -0.25) is 9.59 Å². The normalized spacial score (nSPS) is 33.3. The van der Waals surface area contributed by atoms with Crippen molar-refractivity contribution in [3.8, 4) is 0 Å². The molecule has 4 atom stereocenters. The van der Waals surface area contributed by atoms with E-state index in [9.17, 15) is 9.59 Å². The van der Waals surface area contributed by atoms with Gasteiger partial charge in [-0.2, -0.15) is 0 Å². The molecule has 0 saturated carbocycles. The van der Waals surface area contributed by atoms with Gasteiger partial charge >= 0.3 is 5.97 Å². The molecule has 1 aromatic rings. The van der Waals surface area contributed by atoms with Crippen molar-refractivity contribution in [2.24, 2.45) is 11.8 Å². The largest absolute Gasteiger partial charge is 0.465 e. The van der Waals surface area contributed by atoms with Crippen molar-refractivity contribution in [2.45, 2.75) is 38.0 Å². The zero-order chi connectivity index (χ0) is 16.7. The van der Waals surface area contributed by atoms with E-state index in [1.807, 2.05) is 34.6 Å². The van der Waals surface area contributed by atoms with Gasteiger partial charge in [-0.25, -0.2) is 0 Å². The van der Waals surface area contributed by atoms with Gasteiger partial charge in [-0.1, -0.05) is 31.6 Å². The van der Waals surface area contributed by atoms with Crippen LogP contribution in [0.25, 0.3) is 0 Å². The molecular formula is C18H21NO4S.